The van der Waals surface area contributed by atoms with Gasteiger partial charge in [-0.15, -0.1) is 0 Å². The van der Waals surface area contributed by atoms with E-state index in [1.54, 1.807) is 0 Å². The van der Waals surface area contributed by atoms with Crippen LogP contribution in [0.4, 0.5) is 0 Å². The molecule has 110 valence electrons. The number of furan rings is 1. The van der Waals surface area contributed by atoms with Gasteiger partial charge in [-0.1, -0.05) is 20.8 Å². The molecule has 0 aliphatic rings. The molecule has 2 rings (SSSR count). The van der Waals surface area contributed by atoms with E-state index in [2.05, 4.69) is 30.9 Å². The fraction of sp³-hybridized carbons (Fsp3) is 0.600. The molecule has 2 unspecified atom stereocenters. The molecule has 0 saturated carbocycles. The molecule has 0 aliphatic carbocycles. The quantitative estimate of drug-likeness (QED) is 0.880. The van der Waals surface area contributed by atoms with Gasteiger partial charge in [0, 0.05) is 18.9 Å². The summed E-state index contributed by atoms with van der Waals surface area (Å²) in [4.78, 5) is 4.57. The summed E-state index contributed by atoms with van der Waals surface area (Å²) in [6.07, 6.45) is 2.51. The molecule has 0 aliphatic heterocycles. The Morgan fingerprint density at radius 2 is 2.00 bits per heavy atom. The third-order valence-corrected chi connectivity index (χ3v) is 3.57. The van der Waals surface area contributed by atoms with E-state index in [0.717, 1.165) is 42.4 Å². The van der Waals surface area contributed by atoms with Gasteiger partial charge in [0.2, 0.25) is 0 Å². The summed E-state index contributed by atoms with van der Waals surface area (Å²) in [7, 11) is 0. The normalized spacial score (nSPS) is 14.4. The predicted molar refractivity (Wildman–Crippen MR) is 78.6 cm³/mol. The maximum Gasteiger partial charge on any atom is 0.150 e. The lowest BCUT2D eigenvalue weighted by Gasteiger charge is -2.22. The number of hydrogen-bond acceptors (Lipinski definition) is 4. The molecule has 0 saturated heterocycles. The number of aryl methyl sites for hydroxylation is 3. The van der Waals surface area contributed by atoms with Crippen molar-refractivity contribution >= 4 is 0 Å². The molecule has 0 radical (unpaired) electrons. The van der Waals surface area contributed by atoms with Crippen molar-refractivity contribution in [2.45, 2.75) is 59.0 Å². The number of nitrogens with two attached hydrogens (primary N) is 1. The van der Waals surface area contributed by atoms with Crippen LogP contribution in [0.3, 0.4) is 0 Å². The lowest BCUT2D eigenvalue weighted by Crippen LogP contribution is -2.34. The second kappa shape index (κ2) is 6.22. The largest absolute Gasteiger partial charge is 0.464 e. The molecular weight excluding hydrogens is 252 g/mol. The van der Waals surface area contributed by atoms with Crippen LogP contribution in [-0.2, 0) is 12.8 Å². The average molecular weight is 276 g/mol. The van der Waals surface area contributed by atoms with Crippen LogP contribution in [0.15, 0.2) is 16.5 Å². The standard InChI is InChI=1S/C15H24N4O/c1-5-11(16)15(12-9-8-10(4)20-12)19-14(7-3)17-13(6-2)18-19/h8-9,11,15H,5-7,16H2,1-4H3. The van der Waals surface area contributed by atoms with Gasteiger partial charge in [0.05, 0.1) is 0 Å². The van der Waals surface area contributed by atoms with Gasteiger partial charge >= 0.3 is 0 Å². The lowest BCUT2D eigenvalue weighted by atomic mass is 10.0. The molecule has 5 nitrogen and oxygen atoms in total. The highest BCUT2D eigenvalue weighted by Crippen LogP contribution is 2.25. The van der Waals surface area contributed by atoms with Crippen molar-refractivity contribution in [1.82, 2.24) is 14.8 Å². The van der Waals surface area contributed by atoms with Crippen molar-refractivity contribution in [3.63, 3.8) is 0 Å². The number of nitrogens with zero attached hydrogens (tertiary/aromatic N) is 3. The third kappa shape index (κ3) is 2.77. The molecule has 0 spiro atoms. The van der Waals surface area contributed by atoms with E-state index in [4.69, 9.17) is 10.2 Å². The first-order valence-corrected chi connectivity index (χ1v) is 7.36. The van der Waals surface area contributed by atoms with Gasteiger partial charge in [-0.25, -0.2) is 9.67 Å². The van der Waals surface area contributed by atoms with E-state index < -0.39 is 0 Å². The maximum absolute atomic E-state index is 6.32. The summed E-state index contributed by atoms with van der Waals surface area (Å²) in [5.41, 5.74) is 6.32. The maximum atomic E-state index is 6.32. The van der Waals surface area contributed by atoms with Crippen molar-refractivity contribution in [2.75, 3.05) is 0 Å². The van der Waals surface area contributed by atoms with Crippen LogP contribution in [0.25, 0.3) is 0 Å². The van der Waals surface area contributed by atoms with E-state index in [9.17, 15) is 0 Å². The second-order valence-electron chi connectivity index (χ2n) is 5.06. The minimum absolute atomic E-state index is 0.0442. The van der Waals surface area contributed by atoms with Crippen LogP contribution in [0, 0.1) is 6.92 Å². The van der Waals surface area contributed by atoms with Crippen molar-refractivity contribution in [2.24, 2.45) is 5.73 Å². The highest BCUT2D eigenvalue weighted by molar-refractivity contribution is 5.14. The number of rotatable bonds is 6. The molecular formula is C15H24N4O. The molecule has 20 heavy (non-hydrogen) atoms. The van der Waals surface area contributed by atoms with E-state index in [1.807, 2.05) is 23.7 Å². The molecule has 2 aromatic rings. The zero-order valence-electron chi connectivity index (χ0n) is 12.8. The molecule has 2 N–H and O–H groups in total. The van der Waals surface area contributed by atoms with Crippen LogP contribution in [-0.4, -0.2) is 20.8 Å². The first-order chi connectivity index (χ1) is 9.60. The Morgan fingerprint density at radius 3 is 2.50 bits per heavy atom. The lowest BCUT2D eigenvalue weighted by molar-refractivity contribution is 0.337. The summed E-state index contributed by atoms with van der Waals surface area (Å²) >= 11 is 0. The molecule has 2 aromatic heterocycles. The summed E-state index contributed by atoms with van der Waals surface area (Å²) < 4.78 is 7.75. The zero-order chi connectivity index (χ0) is 14.7. The van der Waals surface area contributed by atoms with Crippen LogP contribution in [0.1, 0.15) is 56.4 Å². The Hall–Kier alpha value is -1.62. The molecule has 0 bridgehead atoms. The number of hydrogen-bond donors (Lipinski definition) is 1. The topological polar surface area (TPSA) is 69.9 Å². The highest BCUT2D eigenvalue weighted by atomic mass is 16.3. The molecule has 2 heterocycles. The molecule has 0 amide bonds. The summed E-state index contributed by atoms with van der Waals surface area (Å²) in [5.74, 6) is 3.57. The summed E-state index contributed by atoms with van der Waals surface area (Å²) in [6.45, 7) is 8.17. The van der Waals surface area contributed by atoms with Gasteiger partial charge in [-0.2, -0.15) is 5.10 Å². The SMILES string of the molecule is CCc1nc(CC)n(C(c2ccc(C)o2)C(N)CC)n1. The molecule has 5 heteroatoms. The Balaban J connectivity index is 2.48. The zero-order valence-corrected chi connectivity index (χ0v) is 12.8. The number of aromatic nitrogens is 3. The Bertz CT molecular complexity index is 558. The van der Waals surface area contributed by atoms with E-state index in [1.165, 1.54) is 0 Å². The van der Waals surface area contributed by atoms with Crippen LogP contribution >= 0.6 is 0 Å². The van der Waals surface area contributed by atoms with E-state index >= 15 is 0 Å². The van der Waals surface area contributed by atoms with Gasteiger partial charge < -0.3 is 10.2 Å². The Labute approximate surface area is 120 Å². The molecule has 0 fully saturated rings. The first-order valence-electron chi connectivity index (χ1n) is 7.36. The van der Waals surface area contributed by atoms with Crippen molar-refractivity contribution in [3.05, 3.63) is 35.3 Å². The fourth-order valence-electron chi connectivity index (χ4n) is 2.37. The van der Waals surface area contributed by atoms with Gasteiger partial charge in [0.15, 0.2) is 5.82 Å². The van der Waals surface area contributed by atoms with Gasteiger partial charge in [0.1, 0.15) is 23.4 Å². The van der Waals surface area contributed by atoms with Crippen LogP contribution in [0.2, 0.25) is 0 Å². The first kappa shape index (κ1) is 14.8. The van der Waals surface area contributed by atoms with Gasteiger partial charge in [-0.3, -0.25) is 0 Å². The predicted octanol–water partition coefficient (Wildman–Crippen LogP) is 2.63. The Kier molecular flexibility index (Phi) is 4.60. The fourth-order valence-corrected chi connectivity index (χ4v) is 2.37. The highest BCUT2D eigenvalue weighted by Gasteiger charge is 2.27. The summed E-state index contributed by atoms with van der Waals surface area (Å²) in [5, 5.41) is 4.62. The third-order valence-electron chi connectivity index (χ3n) is 3.57. The minimum Gasteiger partial charge on any atom is -0.464 e. The van der Waals surface area contributed by atoms with Gasteiger partial charge in [-0.05, 0) is 25.5 Å². The Morgan fingerprint density at radius 1 is 1.25 bits per heavy atom. The van der Waals surface area contributed by atoms with Crippen LogP contribution < -0.4 is 5.73 Å². The average Bonchev–Trinajstić information content (AvgIpc) is 3.05. The molecule has 0 aromatic carbocycles. The van der Waals surface area contributed by atoms with Crippen molar-refractivity contribution in [3.8, 4) is 0 Å². The van der Waals surface area contributed by atoms with Crippen molar-refractivity contribution in [1.29, 1.82) is 0 Å². The van der Waals surface area contributed by atoms with E-state index in [0.29, 0.717) is 0 Å². The van der Waals surface area contributed by atoms with Crippen molar-refractivity contribution < 1.29 is 4.42 Å². The monoisotopic (exact) mass is 276 g/mol. The van der Waals surface area contributed by atoms with Crippen LogP contribution in [0.5, 0.6) is 0 Å². The summed E-state index contributed by atoms with van der Waals surface area (Å²) in [6, 6.07) is 3.82. The second-order valence-corrected chi connectivity index (χ2v) is 5.06. The minimum atomic E-state index is -0.0866. The van der Waals surface area contributed by atoms with Gasteiger partial charge in [0.25, 0.3) is 0 Å². The van der Waals surface area contributed by atoms with E-state index in [-0.39, 0.29) is 12.1 Å². The smallest absolute Gasteiger partial charge is 0.150 e. The molecule has 2 atom stereocenters.